The van der Waals surface area contributed by atoms with Gasteiger partial charge in [-0.15, -0.1) is 0 Å². The van der Waals surface area contributed by atoms with Crippen molar-refractivity contribution in [2.24, 2.45) is 0 Å². The van der Waals surface area contributed by atoms with Gasteiger partial charge in [-0.1, -0.05) is 38.1 Å². The van der Waals surface area contributed by atoms with Gasteiger partial charge in [0.05, 0.1) is 10.6 Å². The Kier molecular flexibility index (Phi) is 5.25. The van der Waals surface area contributed by atoms with E-state index in [0.29, 0.717) is 11.7 Å². The highest BCUT2D eigenvalue weighted by atomic mass is 19.1. The predicted octanol–water partition coefficient (Wildman–Crippen LogP) is 5.18. The van der Waals surface area contributed by atoms with Crippen molar-refractivity contribution in [1.29, 1.82) is 0 Å². The highest BCUT2D eigenvalue weighted by Gasteiger charge is 2.25. The summed E-state index contributed by atoms with van der Waals surface area (Å²) in [5.41, 5.74) is 0.696. The first-order valence-electron chi connectivity index (χ1n) is 8.24. The average Bonchev–Trinajstić information content (AvgIpc) is 2.64. The number of nitrogens with one attached hydrogen (secondary N) is 1. The third kappa shape index (κ3) is 4.17. The van der Waals surface area contributed by atoms with Crippen LogP contribution in [-0.2, 0) is 0 Å². The molecule has 2 aromatic carbocycles. The van der Waals surface area contributed by atoms with E-state index in [1.807, 2.05) is 12.1 Å². The average molecular weight is 368 g/mol. The molecule has 0 atom stereocenters. The van der Waals surface area contributed by atoms with Gasteiger partial charge in [0.15, 0.2) is 0 Å². The first-order valence-corrected chi connectivity index (χ1v) is 8.24. The fraction of sp³-hybridized carbons (Fsp3) is 0.158. The van der Waals surface area contributed by atoms with Crippen molar-refractivity contribution >= 4 is 17.2 Å². The van der Waals surface area contributed by atoms with Crippen LogP contribution in [0.2, 0.25) is 0 Å². The summed E-state index contributed by atoms with van der Waals surface area (Å²) in [5.74, 6) is -0.195. The number of nitro groups is 1. The van der Waals surface area contributed by atoms with Gasteiger partial charge in [-0.05, 0) is 35.7 Å². The molecule has 1 N–H and O–H groups in total. The molecule has 0 saturated heterocycles. The summed E-state index contributed by atoms with van der Waals surface area (Å²) in [5, 5.41) is 14.2. The van der Waals surface area contributed by atoms with Gasteiger partial charge in [-0.2, -0.15) is 4.98 Å². The number of aromatic nitrogens is 2. The minimum atomic E-state index is -0.666. The number of hydrogen-bond donors (Lipinski definition) is 1. The van der Waals surface area contributed by atoms with Crippen molar-refractivity contribution < 1.29 is 14.1 Å². The van der Waals surface area contributed by atoms with Crippen LogP contribution in [0.1, 0.15) is 25.3 Å². The number of halogens is 1. The largest absolute Gasteiger partial charge is 0.434 e. The second-order valence-electron chi connectivity index (χ2n) is 6.06. The molecule has 0 radical (unpaired) electrons. The Morgan fingerprint density at radius 2 is 1.81 bits per heavy atom. The topological polar surface area (TPSA) is 90.2 Å². The Bertz CT molecular complexity index is 961. The maximum absolute atomic E-state index is 13.9. The maximum atomic E-state index is 13.9. The fourth-order valence-corrected chi connectivity index (χ4v) is 2.42. The number of hydrogen-bond acceptors (Lipinski definition) is 6. The van der Waals surface area contributed by atoms with E-state index in [4.69, 9.17) is 4.74 Å². The predicted molar refractivity (Wildman–Crippen MR) is 99.0 cm³/mol. The molecule has 0 spiro atoms. The minimum absolute atomic E-state index is 0.0616. The van der Waals surface area contributed by atoms with E-state index in [2.05, 4.69) is 29.1 Å². The zero-order chi connectivity index (χ0) is 19.4. The lowest BCUT2D eigenvalue weighted by Crippen LogP contribution is -2.04. The smallest absolute Gasteiger partial charge is 0.373 e. The third-order valence-corrected chi connectivity index (χ3v) is 3.86. The lowest BCUT2D eigenvalue weighted by molar-refractivity contribution is -0.385. The van der Waals surface area contributed by atoms with Crippen LogP contribution in [0.4, 0.5) is 21.6 Å². The van der Waals surface area contributed by atoms with Gasteiger partial charge in [0.25, 0.3) is 0 Å². The molecule has 1 heterocycles. The number of rotatable bonds is 6. The molecule has 0 fully saturated rings. The van der Waals surface area contributed by atoms with Crippen LogP contribution >= 0.6 is 0 Å². The Labute approximate surface area is 155 Å². The van der Waals surface area contributed by atoms with Gasteiger partial charge in [-0.25, -0.2) is 9.37 Å². The van der Waals surface area contributed by atoms with Gasteiger partial charge in [0, 0.05) is 0 Å². The number of ether oxygens (including phenoxy) is 1. The van der Waals surface area contributed by atoms with Gasteiger partial charge in [0.2, 0.25) is 5.82 Å². The molecule has 8 heteroatoms. The summed E-state index contributed by atoms with van der Waals surface area (Å²) in [6.45, 7) is 4.12. The van der Waals surface area contributed by atoms with E-state index < -0.39 is 16.4 Å². The molecule has 0 unspecified atom stereocenters. The second kappa shape index (κ2) is 7.77. The number of para-hydroxylation sites is 1. The molecular weight excluding hydrogens is 351 g/mol. The van der Waals surface area contributed by atoms with Gasteiger partial charge >= 0.3 is 11.6 Å². The molecule has 0 aliphatic carbocycles. The molecule has 0 amide bonds. The van der Waals surface area contributed by atoms with Crippen molar-refractivity contribution in [3.63, 3.8) is 0 Å². The molecule has 0 bridgehead atoms. The molecule has 3 aromatic rings. The quantitative estimate of drug-likeness (QED) is 0.476. The Balaban J connectivity index is 1.94. The Hall–Kier alpha value is -3.55. The lowest BCUT2D eigenvalue weighted by Gasteiger charge is -2.10. The van der Waals surface area contributed by atoms with Crippen molar-refractivity contribution in [2.45, 2.75) is 19.8 Å². The molecule has 0 saturated carbocycles. The highest BCUT2D eigenvalue weighted by Crippen LogP contribution is 2.36. The zero-order valence-electron chi connectivity index (χ0n) is 14.7. The summed E-state index contributed by atoms with van der Waals surface area (Å²) < 4.78 is 19.4. The molecule has 7 nitrogen and oxygen atoms in total. The van der Waals surface area contributed by atoms with Crippen molar-refractivity contribution in [2.75, 3.05) is 5.32 Å². The van der Waals surface area contributed by atoms with Gasteiger partial charge < -0.3 is 10.1 Å². The van der Waals surface area contributed by atoms with E-state index in [-0.39, 0.29) is 17.4 Å². The number of anilines is 2. The Morgan fingerprint density at radius 3 is 2.44 bits per heavy atom. The molecule has 138 valence electrons. The van der Waals surface area contributed by atoms with Crippen LogP contribution < -0.4 is 10.1 Å². The molecule has 27 heavy (non-hydrogen) atoms. The molecule has 1 aromatic heterocycles. The SMILES string of the molecule is CC(C)c1ccc(Oc2ncnc(Nc3ccccc3F)c2[N+](=O)[O-])cc1. The summed E-state index contributed by atoms with van der Waals surface area (Å²) in [6, 6.07) is 13.0. The van der Waals surface area contributed by atoms with Crippen LogP contribution in [0.3, 0.4) is 0 Å². The zero-order valence-corrected chi connectivity index (χ0v) is 14.7. The summed E-state index contributed by atoms with van der Waals surface area (Å²) in [6.07, 6.45) is 1.12. The molecule has 0 aliphatic heterocycles. The van der Waals surface area contributed by atoms with Crippen LogP contribution in [0, 0.1) is 15.9 Å². The monoisotopic (exact) mass is 368 g/mol. The van der Waals surface area contributed by atoms with Crippen LogP contribution in [-0.4, -0.2) is 14.9 Å². The van der Waals surface area contributed by atoms with Crippen molar-refractivity contribution in [3.8, 4) is 11.6 Å². The standard InChI is InChI=1S/C19H17FN4O3/c1-12(2)13-7-9-14(10-8-13)27-19-17(24(25)26)18(21-11-22-19)23-16-6-4-3-5-15(16)20/h3-12H,1-2H3,(H,21,22,23). The molecule has 0 aliphatic rings. The van der Waals surface area contributed by atoms with Crippen molar-refractivity contribution in [1.82, 2.24) is 9.97 Å². The summed E-state index contributed by atoms with van der Waals surface area (Å²) in [4.78, 5) is 18.6. The number of benzene rings is 2. The van der Waals surface area contributed by atoms with Crippen LogP contribution in [0.25, 0.3) is 0 Å². The third-order valence-electron chi connectivity index (χ3n) is 3.86. The molecular formula is C19H17FN4O3. The Morgan fingerprint density at radius 1 is 1.11 bits per heavy atom. The van der Waals surface area contributed by atoms with E-state index in [1.54, 1.807) is 18.2 Å². The second-order valence-corrected chi connectivity index (χ2v) is 6.06. The highest BCUT2D eigenvalue weighted by molar-refractivity contribution is 5.69. The number of nitrogens with zero attached hydrogens (tertiary/aromatic N) is 3. The van der Waals surface area contributed by atoms with Gasteiger partial charge in [-0.3, -0.25) is 10.1 Å². The minimum Gasteiger partial charge on any atom is -0.434 e. The normalized spacial score (nSPS) is 10.7. The van der Waals surface area contributed by atoms with Gasteiger partial charge in [0.1, 0.15) is 17.9 Å². The van der Waals surface area contributed by atoms with E-state index >= 15 is 0 Å². The maximum Gasteiger partial charge on any atom is 0.373 e. The molecule has 3 rings (SSSR count). The lowest BCUT2D eigenvalue weighted by atomic mass is 10.0. The van der Waals surface area contributed by atoms with E-state index in [0.717, 1.165) is 11.9 Å². The van der Waals surface area contributed by atoms with E-state index in [1.165, 1.54) is 18.2 Å². The first kappa shape index (κ1) is 18.2. The van der Waals surface area contributed by atoms with Crippen LogP contribution in [0.5, 0.6) is 11.6 Å². The van der Waals surface area contributed by atoms with E-state index in [9.17, 15) is 14.5 Å². The van der Waals surface area contributed by atoms with Crippen LogP contribution in [0.15, 0.2) is 54.9 Å². The summed E-state index contributed by atoms with van der Waals surface area (Å²) >= 11 is 0. The fourth-order valence-electron chi connectivity index (χ4n) is 2.42. The summed E-state index contributed by atoms with van der Waals surface area (Å²) in [7, 11) is 0. The van der Waals surface area contributed by atoms with Crippen molar-refractivity contribution in [3.05, 3.63) is 76.4 Å². The first-order chi connectivity index (χ1) is 13.0.